The van der Waals surface area contributed by atoms with Crippen molar-refractivity contribution in [3.63, 3.8) is 0 Å². The van der Waals surface area contributed by atoms with Gasteiger partial charge in [0, 0.05) is 23.7 Å². The third-order valence-corrected chi connectivity index (χ3v) is 5.77. The van der Waals surface area contributed by atoms with Crippen LogP contribution in [0.2, 0.25) is 0 Å². The smallest absolute Gasteiger partial charge is 0.249 e. The molecule has 1 aliphatic heterocycles. The first-order chi connectivity index (χ1) is 14.9. The highest BCUT2D eigenvalue weighted by molar-refractivity contribution is 5.92. The number of anilines is 1. The molecular formula is C24H29FN2O4. The van der Waals surface area contributed by atoms with Crippen molar-refractivity contribution >= 4 is 17.5 Å². The van der Waals surface area contributed by atoms with Crippen LogP contribution in [0.5, 0.6) is 0 Å². The second-order valence-corrected chi connectivity index (χ2v) is 7.77. The predicted octanol–water partition coefficient (Wildman–Crippen LogP) is 3.66. The Morgan fingerprint density at radius 1 is 1.19 bits per heavy atom. The van der Waals surface area contributed by atoms with E-state index in [2.05, 4.69) is 5.32 Å². The maximum Gasteiger partial charge on any atom is 0.249 e. The number of hydrogen-bond acceptors (Lipinski definition) is 4. The zero-order valence-electron chi connectivity index (χ0n) is 17.9. The Morgan fingerprint density at radius 2 is 1.87 bits per heavy atom. The molecule has 0 saturated carbocycles. The number of carbonyl (C=O) groups excluding carboxylic acids is 2. The molecule has 0 bridgehead atoms. The van der Waals surface area contributed by atoms with Gasteiger partial charge in [0.25, 0.3) is 0 Å². The van der Waals surface area contributed by atoms with Crippen LogP contribution in [0.25, 0.3) is 0 Å². The van der Waals surface area contributed by atoms with E-state index in [4.69, 9.17) is 4.74 Å². The molecule has 1 aliphatic rings. The Morgan fingerprint density at radius 3 is 2.52 bits per heavy atom. The van der Waals surface area contributed by atoms with Crippen molar-refractivity contribution in [1.29, 1.82) is 0 Å². The molecule has 2 aromatic carbocycles. The molecule has 0 spiro atoms. The van der Waals surface area contributed by atoms with Gasteiger partial charge in [0.1, 0.15) is 18.5 Å². The summed E-state index contributed by atoms with van der Waals surface area (Å²) in [5.41, 5.74) is 1.61. The first-order valence-electron chi connectivity index (χ1n) is 10.6. The van der Waals surface area contributed by atoms with E-state index in [-0.39, 0.29) is 37.5 Å². The monoisotopic (exact) mass is 428 g/mol. The number of morpholine rings is 1. The Labute approximate surface area is 182 Å². The molecule has 2 amide bonds. The van der Waals surface area contributed by atoms with Crippen LogP contribution in [0.1, 0.15) is 43.9 Å². The predicted molar refractivity (Wildman–Crippen MR) is 116 cm³/mol. The number of ether oxygens (including phenoxy) is 1. The largest absolute Gasteiger partial charge is 0.386 e. The molecule has 0 aromatic heterocycles. The lowest BCUT2D eigenvalue weighted by molar-refractivity contribution is -0.155. The summed E-state index contributed by atoms with van der Waals surface area (Å²) in [4.78, 5) is 26.2. The fourth-order valence-corrected chi connectivity index (χ4v) is 3.79. The van der Waals surface area contributed by atoms with Crippen molar-refractivity contribution in [3.8, 4) is 0 Å². The van der Waals surface area contributed by atoms with Gasteiger partial charge in [-0.25, -0.2) is 4.39 Å². The lowest BCUT2D eigenvalue weighted by Crippen LogP contribution is -2.51. The van der Waals surface area contributed by atoms with Gasteiger partial charge < -0.3 is 20.1 Å². The number of amides is 2. The average Bonchev–Trinajstić information content (AvgIpc) is 2.77. The highest BCUT2D eigenvalue weighted by Gasteiger charge is 2.35. The summed E-state index contributed by atoms with van der Waals surface area (Å²) < 4.78 is 19.5. The molecule has 0 aliphatic carbocycles. The van der Waals surface area contributed by atoms with Crippen LogP contribution in [0.4, 0.5) is 10.1 Å². The minimum Gasteiger partial charge on any atom is -0.386 e. The number of hydrogen-bond donors (Lipinski definition) is 2. The first kappa shape index (κ1) is 22.9. The summed E-state index contributed by atoms with van der Waals surface area (Å²) in [5.74, 6) is -0.761. The third-order valence-electron chi connectivity index (χ3n) is 5.77. The second-order valence-electron chi connectivity index (χ2n) is 7.77. The van der Waals surface area contributed by atoms with Crippen molar-refractivity contribution in [2.45, 2.75) is 45.4 Å². The normalized spacial score (nSPS) is 17.6. The Kier molecular flexibility index (Phi) is 7.76. The molecule has 7 heteroatoms. The van der Waals surface area contributed by atoms with Crippen molar-refractivity contribution < 1.29 is 23.8 Å². The number of aliphatic hydroxyl groups is 1. The van der Waals surface area contributed by atoms with Gasteiger partial charge in [0.15, 0.2) is 0 Å². The van der Waals surface area contributed by atoms with Gasteiger partial charge in [0.2, 0.25) is 11.8 Å². The molecule has 0 radical (unpaired) electrons. The van der Waals surface area contributed by atoms with Crippen LogP contribution in [0.15, 0.2) is 48.5 Å². The summed E-state index contributed by atoms with van der Waals surface area (Å²) >= 11 is 0. The molecule has 2 aromatic rings. The fraction of sp³-hybridized carbons (Fsp3) is 0.417. The van der Waals surface area contributed by atoms with Gasteiger partial charge in [0.05, 0.1) is 12.6 Å². The van der Waals surface area contributed by atoms with E-state index in [1.54, 1.807) is 42.5 Å². The molecule has 1 saturated heterocycles. The van der Waals surface area contributed by atoms with E-state index in [0.29, 0.717) is 16.8 Å². The van der Waals surface area contributed by atoms with E-state index < -0.39 is 18.0 Å². The van der Waals surface area contributed by atoms with Gasteiger partial charge in [-0.2, -0.15) is 0 Å². The quantitative estimate of drug-likeness (QED) is 0.673. The molecule has 2 N–H and O–H groups in total. The van der Waals surface area contributed by atoms with Crippen LogP contribution in [-0.2, 0) is 20.9 Å². The van der Waals surface area contributed by atoms with Crippen LogP contribution in [0.3, 0.4) is 0 Å². The van der Waals surface area contributed by atoms with Crippen molar-refractivity contribution in [2.24, 2.45) is 5.92 Å². The molecular weight excluding hydrogens is 399 g/mol. The van der Waals surface area contributed by atoms with Gasteiger partial charge in [-0.05, 0) is 36.6 Å². The minimum atomic E-state index is -1.01. The number of rotatable bonds is 8. The van der Waals surface area contributed by atoms with Gasteiger partial charge in [-0.15, -0.1) is 0 Å². The first-order valence-corrected chi connectivity index (χ1v) is 10.6. The van der Waals surface area contributed by atoms with Gasteiger partial charge in [-0.3, -0.25) is 9.59 Å². The molecule has 1 heterocycles. The van der Waals surface area contributed by atoms with E-state index >= 15 is 0 Å². The number of halogens is 1. The maximum atomic E-state index is 14.1. The fourth-order valence-electron chi connectivity index (χ4n) is 3.79. The number of nitrogens with one attached hydrogen (secondary N) is 1. The lowest BCUT2D eigenvalue weighted by Gasteiger charge is -2.38. The summed E-state index contributed by atoms with van der Waals surface area (Å²) in [6.45, 7) is 4.06. The van der Waals surface area contributed by atoms with E-state index in [1.165, 1.54) is 11.0 Å². The van der Waals surface area contributed by atoms with E-state index in [1.807, 2.05) is 13.8 Å². The molecule has 3 rings (SSSR count). The molecule has 166 valence electrons. The number of carbonyl (C=O) groups is 2. The van der Waals surface area contributed by atoms with E-state index in [0.717, 1.165) is 12.8 Å². The van der Waals surface area contributed by atoms with Gasteiger partial charge in [-0.1, -0.05) is 44.2 Å². The highest BCUT2D eigenvalue weighted by atomic mass is 19.1. The number of aliphatic hydroxyl groups excluding tert-OH is 1. The zero-order chi connectivity index (χ0) is 22.4. The van der Waals surface area contributed by atoms with Gasteiger partial charge >= 0.3 is 0 Å². The Balaban J connectivity index is 1.73. The van der Waals surface area contributed by atoms with Crippen molar-refractivity contribution in [2.75, 3.05) is 18.5 Å². The lowest BCUT2D eigenvalue weighted by atomic mass is 9.99. The van der Waals surface area contributed by atoms with Crippen molar-refractivity contribution in [1.82, 2.24) is 4.90 Å². The molecule has 6 nitrogen and oxygen atoms in total. The van der Waals surface area contributed by atoms with Crippen LogP contribution in [-0.4, -0.2) is 41.1 Å². The summed E-state index contributed by atoms with van der Waals surface area (Å²) in [6.07, 6.45) is 0.527. The molecule has 31 heavy (non-hydrogen) atoms. The number of nitrogens with zero attached hydrogens (tertiary/aromatic N) is 1. The molecule has 2 atom stereocenters. The Hall–Kier alpha value is -2.77. The second kappa shape index (κ2) is 10.5. The summed E-state index contributed by atoms with van der Waals surface area (Å²) in [7, 11) is 0. The van der Waals surface area contributed by atoms with Crippen LogP contribution >= 0.6 is 0 Å². The summed E-state index contributed by atoms with van der Waals surface area (Å²) in [5, 5.41) is 13.9. The average molecular weight is 429 g/mol. The van der Waals surface area contributed by atoms with Crippen molar-refractivity contribution in [3.05, 3.63) is 65.5 Å². The topological polar surface area (TPSA) is 78.9 Å². The summed E-state index contributed by atoms with van der Waals surface area (Å²) in [6, 6.07) is 12.5. The highest BCUT2D eigenvalue weighted by Crippen LogP contribution is 2.27. The SMILES string of the molecule is CCC(CC)C(=O)Nc1ccc([C@@H](O)[C@H]2COCC(=O)N2Cc2ccccc2F)cc1. The van der Waals surface area contributed by atoms with E-state index in [9.17, 15) is 19.1 Å². The number of benzene rings is 2. The maximum absolute atomic E-state index is 14.1. The molecule has 0 unspecified atom stereocenters. The van der Waals surface area contributed by atoms with Crippen LogP contribution < -0.4 is 5.32 Å². The van der Waals surface area contributed by atoms with Crippen LogP contribution in [0, 0.1) is 11.7 Å². The molecule has 1 fully saturated rings. The standard InChI is InChI=1S/C24H29FN2O4/c1-3-16(4-2)24(30)26-19-11-9-17(10-12-19)23(29)21-14-31-15-22(28)27(21)13-18-7-5-6-8-20(18)25/h5-12,16,21,23,29H,3-4,13-15H2,1-2H3,(H,26,30)/t21-,23-/m1/s1. The zero-order valence-corrected chi connectivity index (χ0v) is 17.9. The third kappa shape index (κ3) is 5.48. The Bertz CT molecular complexity index is 899. The minimum absolute atomic E-state index is 0.0272.